The lowest BCUT2D eigenvalue weighted by atomic mass is 9.79. The molecule has 2 rings (SSSR count). The monoisotopic (exact) mass is 245 g/mol. The molecule has 1 aromatic rings. The fourth-order valence-electron chi connectivity index (χ4n) is 3.27. The number of benzene rings is 1. The first-order valence-electron chi connectivity index (χ1n) is 7.45. The molecule has 0 bridgehead atoms. The van der Waals surface area contributed by atoms with Crippen molar-refractivity contribution < 1.29 is 0 Å². The van der Waals surface area contributed by atoms with Crippen LogP contribution < -0.4 is 5.73 Å². The molecule has 1 heteroatoms. The van der Waals surface area contributed by atoms with E-state index in [4.69, 9.17) is 5.73 Å². The third kappa shape index (κ3) is 3.35. The van der Waals surface area contributed by atoms with Gasteiger partial charge < -0.3 is 5.73 Å². The molecule has 0 amide bonds. The molecule has 1 aliphatic rings. The number of hydrogen-bond acceptors (Lipinski definition) is 1. The topological polar surface area (TPSA) is 26.0 Å². The zero-order valence-corrected chi connectivity index (χ0v) is 12.0. The van der Waals surface area contributed by atoms with Gasteiger partial charge in [-0.3, -0.25) is 0 Å². The van der Waals surface area contributed by atoms with Crippen LogP contribution in [0.15, 0.2) is 18.2 Å². The Morgan fingerprint density at radius 1 is 0.944 bits per heavy atom. The van der Waals surface area contributed by atoms with E-state index in [9.17, 15) is 0 Å². The molecule has 100 valence electrons. The summed E-state index contributed by atoms with van der Waals surface area (Å²) in [6, 6.07) is 6.58. The van der Waals surface area contributed by atoms with Gasteiger partial charge in [-0.2, -0.15) is 0 Å². The first-order valence-corrected chi connectivity index (χ1v) is 7.45. The lowest BCUT2D eigenvalue weighted by Gasteiger charge is -2.32. The van der Waals surface area contributed by atoms with E-state index in [1.807, 2.05) is 0 Å². The van der Waals surface area contributed by atoms with Crippen LogP contribution in [-0.2, 0) is 6.42 Å². The molecule has 18 heavy (non-hydrogen) atoms. The van der Waals surface area contributed by atoms with Gasteiger partial charge in [0.1, 0.15) is 0 Å². The van der Waals surface area contributed by atoms with E-state index < -0.39 is 0 Å². The molecule has 0 aromatic heterocycles. The summed E-state index contributed by atoms with van der Waals surface area (Å²) in [4.78, 5) is 0. The number of hydrogen-bond donors (Lipinski definition) is 1. The molecule has 2 N–H and O–H groups in total. The molecule has 0 heterocycles. The quantitative estimate of drug-likeness (QED) is 0.826. The van der Waals surface area contributed by atoms with Gasteiger partial charge in [0.15, 0.2) is 0 Å². The standard InChI is InChI=1S/C17H27N/c1-14-9-8-10-15(2)16(14)13-17(18)11-6-4-3-5-7-12-17/h8-10H,3-7,11-13,18H2,1-2H3. The van der Waals surface area contributed by atoms with Gasteiger partial charge in [0.25, 0.3) is 0 Å². The Morgan fingerprint density at radius 2 is 1.44 bits per heavy atom. The molecule has 0 atom stereocenters. The molecule has 0 saturated heterocycles. The van der Waals surface area contributed by atoms with E-state index in [0.29, 0.717) is 0 Å². The fraction of sp³-hybridized carbons (Fsp3) is 0.647. The van der Waals surface area contributed by atoms with E-state index in [1.165, 1.54) is 61.6 Å². The molecule has 1 aromatic carbocycles. The largest absolute Gasteiger partial charge is 0.325 e. The van der Waals surface area contributed by atoms with Crippen molar-refractivity contribution in [3.63, 3.8) is 0 Å². The molecule has 1 nitrogen and oxygen atoms in total. The van der Waals surface area contributed by atoms with Crippen molar-refractivity contribution in [1.82, 2.24) is 0 Å². The van der Waals surface area contributed by atoms with Crippen molar-refractivity contribution in [1.29, 1.82) is 0 Å². The van der Waals surface area contributed by atoms with Crippen molar-refractivity contribution in [3.8, 4) is 0 Å². The van der Waals surface area contributed by atoms with Gasteiger partial charge in [-0.15, -0.1) is 0 Å². The van der Waals surface area contributed by atoms with E-state index in [1.54, 1.807) is 0 Å². The summed E-state index contributed by atoms with van der Waals surface area (Å²) < 4.78 is 0. The van der Waals surface area contributed by atoms with Crippen molar-refractivity contribution in [2.24, 2.45) is 5.73 Å². The molecule has 0 unspecified atom stereocenters. The molecule has 1 fully saturated rings. The van der Waals surface area contributed by atoms with Gasteiger partial charge in [-0.25, -0.2) is 0 Å². The average molecular weight is 245 g/mol. The lowest BCUT2D eigenvalue weighted by Crippen LogP contribution is -2.42. The summed E-state index contributed by atoms with van der Waals surface area (Å²) in [5, 5.41) is 0. The first kappa shape index (κ1) is 13.6. The Hall–Kier alpha value is -0.820. The van der Waals surface area contributed by atoms with Crippen molar-refractivity contribution in [3.05, 3.63) is 34.9 Å². The molecule has 1 aliphatic carbocycles. The van der Waals surface area contributed by atoms with Crippen molar-refractivity contribution >= 4 is 0 Å². The highest BCUT2D eigenvalue weighted by Gasteiger charge is 2.26. The Labute approximate surface area is 112 Å². The molecule has 0 radical (unpaired) electrons. The summed E-state index contributed by atoms with van der Waals surface area (Å²) in [7, 11) is 0. The maximum atomic E-state index is 6.70. The smallest absolute Gasteiger partial charge is 0.0195 e. The van der Waals surface area contributed by atoms with Crippen LogP contribution in [0.5, 0.6) is 0 Å². The summed E-state index contributed by atoms with van der Waals surface area (Å²) in [6.07, 6.45) is 10.2. The Bertz CT molecular complexity index is 366. The predicted molar refractivity (Wildman–Crippen MR) is 78.9 cm³/mol. The number of rotatable bonds is 2. The molecule has 1 saturated carbocycles. The minimum Gasteiger partial charge on any atom is -0.325 e. The summed E-state index contributed by atoms with van der Waals surface area (Å²) in [5.74, 6) is 0. The molecular formula is C17H27N. The Morgan fingerprint density at radius 3 is 2.00 bits per heavy atom. The van der Waals surface area contributed by atoms with E-state index in [2.05, 4.69) is 32.0 Å². The van der Waals surface area contributed by atoms with Crippen LogP contribution in [-0.4, -0.2) is 5.54 Å². The van der Waals surface area contributed by atoms with Crippen LogP contribution in [0.2, 0.25) is 0 Å². The SMILES string of the molecule is Cc1cccc(C)c1CC1(N)CCCCCCC1. The molecular weight excluding hydrogens is 218 g/mol. The van der Waals surface area contributed by atoms with Crippen LogP contribution in [0.4, 0.5) is 0 Å². The van der Waals surface area contributed by atoms with Crippen molar-refractivity contribution in [2.45, 2.75) is 70.8 Å². The number of nitrogens with two attached hydrogens (primary N) is 1. The second-order valence-corrected chi connectivity index (χ2v) is 6.18. The van der Waals surface area contributed by atoms with Crippen LogP contribution in [0, 0.1) is 13.8 Å². The van der Waals surface area contributed by atoms with Gasteiger partial charge in [0.05, 0.1) is 0 Å². The van der Waals surface area contributed by atoms with Crippen LogP contribution in [0.1, 0.15) is 61.6 Å². The highest BCUT2D eigenvalue weighted by molar-refractivity contribution is 5.35. The van der Waals surface area contributed by atoms with Gasteiger partial charge in [-0.05, 0) is 49.8 Å². The third-order valence-electron chi connectivity index (χ3n) is 4.52. The van der Waals surface area contributed by atoms with Crippen molar-refractivity contribution in [2.75, 3.05) is 0 Å². The second-order valence-electron chi connectivity index (χ2n) is 6.18. The Balaban J connectivity index is 2.14. The molecule has 0 spiro atoms. The first-order chi connectivity index (χ1) is 8.61. The van der Waals surface area contributed by atoms with Gasteiger partial charge in [-0.1, -0.05) is 50.3 Å². The summed E-state index contributed by atoms with van der Waals surface area (Å²) in [5.41, 5.74) is 11.0. The van der Waals surface area contributed by atoms with Crippen LogP contribution in [0.25, 0.3) is 0 Å². The van der Waals surface area contributed by atoms with E-state index in [0.717, 1.165) is 6.42 Å². The maximum absolute atomic E-state index is 6.70. The minimum absolute atomic E-state index is 0.0390. The third-order valence-corrected chi connectivity index (χ3v) is 4.52. The second kappa shape index (κ2) is 5.88. The van der Waals surface area contributed by atoms with Gasteiger partial charge in [0, 0.05) is 5.54 Å². The number of aryl methyl sites for hydroxylation is 2. The predicted octanol–water partition coefficient (Wildman–Crippen LogP) is 4.29. The van der Waals surface area contributed by atoms with E-state index >= 15 is 0 Å². The van der Waals surface area contributed by atoms with Gasteiger partial charge >= 0.3 is 0 Å². The Kier molecular flexibility index (Phi) is 4.45. The normalized spacial score (nSPS) is 20.2. The van der Waals surface area contributed by atoms with E-state index in [-0.39, 0.29) is 5.54 Å². The minimum atomic E-state index is 0.0390. The highest BCUT2D eigenvalue weighted by atomic mass is 14.7. The average Bonchev–Trinajstić information content (AvgIpc) is 2.30. The highest BCUT2D eigenvalue weighted by Crippen LogP contribution is 2.29. The zero-order valence-electron chi connectivity index (χ0n) is 12.0. The zero-order chi connectivity index (χ0) is 13.0. The fourth-order valence-corrected chi connectivity index (χ4v) is 3.27. The van der Waals surface area contributed by atoms with Crippen LogP contribution in [0.3, 0.4) is 0 Å². The van der Waals surface area contributed by atoms with Gasteiger partial charge in [0.2, 0.25) is 0 Å². The summed E-state index contributed by atoms with van der Waals surface area (Å²) in [6.45, 7) is 4.43. The maximum Gasteiger partial charge on any atom is 0.0195 e. The van der Waals surface area contributed by atoms with Crippen LogP contribution >= 0.6 is 0 Å². The molecule has 0 aliphatic heterocycles. The lowest BCUT2D eigenvalue weighted by molar-refractivity contribution is 0.313. The summed E-state index contributed by atoms with van der Waals surface area (Å²) >= 11 is 0.